The number of benzene rings is 1. The van der Waals surface area contributed by atoms with E-state index in [1.807, 2.05) is 16.7 Å². The average molecular weight is 368 g/mol. The van der Waals surface area contributed by atoms with Gasteiger partial charge in [0, 0.05) is 24.0 Å². The second-order valence-corrected chi connectivity index (χ2v) is 8.44. The van der Waals surface area contributed by atoms with E-state index in [9.17, 15) is 9.90 Å². The molecule has 1 saturated heterocycles. The Hall–Kier alpha value is -1.85. The molecule has 0 spiro atoms. The van der Waals surface area contributed by atoms with Crippen molar-refractivity contribution in [1.82, 2.24) is 9.47 Å². The van der Waals surface area contributed by atoms with Gasteiger partial charge >= 0.3 is 5.97 Å². The molecule has 0 unspecified atom stereocenters. The number of hydrogen-bond donors (Lipinski definition) is 1. The lowest BCUT2D eigenvalue weighted by Gasteiger charge is -2.57. The van der Waals surface area contributed by atoms with Crippen molar-refractivity contribution in [1.29, 1.82) is 0 Å². The van der Waals surface area contributed by atoms with Gasteiger partial charge in [-0.3, -0.25) is 4.90 Å². The van der Waals surface area contributed by atoms with Crippen LogP contribution >= 0.6 is 0 Å². The van der Waals surface area contributed by atoms with Crippen LogP contribution in [-0.4, -0.2) is 40.2 Å². The highest BCUT2D eigenvalue weighted by molar-refractivity contribution is 5.90. The summed E-state index contributed by atoms with van der Waals surface area (Å²) in [6.45, 7) is 6.45. The lowest BCUT2D eigenvalue weighted by Crippen LogP contribution is -2.60. The molecule has 5 nitrogen and oxygen atoms in total. The molecule has 0 saturated carbocycles. The van der Waals surface area contributed by atoms with Gasteiger partial charge in [0.1, 0.15) is 0 Å². The number of rotatable bonds is 3. The molecule has 3 aliphatic heterocycles. The molecule has 1 aromatic heterocycles. The van der Waals surface area contributed by atoms with Crippen LogP contribution in [0.3, 0.4) is 0 Å². The van der Waals surface area contributed by atoms with E-state index < -0.39 is 11.7 Å². The maximum atomic E-state index is 13.1. The smallest absolute Gasteiger partial charge is 0.360 e. The van der Waals surface area contributed by atoms with Gasteiger partial charge in [-0.2, -0.15) is 0 Å². The van der Waals surface area contributed by atoms with Crippen molar-refractivity contribution in [3.05, 3.63) is 35.5 Å². The van der Waals surface area contributed by atoms with Crippen molar-refractivity contribution >= 4 is 16.9 Å². The van der Waals surface area contributed by atoms with Crippen LogP contribution in [0.1, 0.15) is 56.8 Å². The molecule has 0 bridgehead atoms. The summed E-state index contributed by atoms with van der Waals surface area (Å²) in [5.74, 6) is -0.512. The summed E-state index contributed by atoms with van der Waals surface area (Å²) >= 11 is 0. The number of nitrogens with zero attached hydrogens (tertiary/aromatic N) is 2. The first-order chi connectivity index (χ1) is 13.1. The molecule has 27 heavy (non-hydrogen) atoms. The zero-order valence-electron chi connectivity index (χ0n) is 16.2. The van der Waals surface area contributed by atoms with Gasteiger partial charge in [-0.05, 0) is 56.2 Å². The quantitative estimate of drug-likeness (QED) is 0.845. The van der Waals surface area contributed by atoms with Crippen LogP contribution in [0, 0.1) is 5.41 Å². The third-order valence-electron chi connectivity index (χ3n) is 7.27. The Morgan fingerprint density at radius 3 is 2.89 bits per heavy atom. The molecule has 0 radical (unpaired) electrons. The highest BCUT2D eigenvalue weighted by atomic mass is 16.6. The summed E-state index contributed by atoms with van der Waals surface area (Å²) in [4.78, 5) is 15.7. The van der Waals surface area contributed by atoms with Gasteiger partial charge in [-0.25, -0.2) is 4.79 Å². The summed E-state index contributed by atoms with van der Waals surface area (Å²) in [6, 6.07) is 8.48. The fraction of sp³-hybridized carbons (Fsp3) is 0.591. The lowest BCUT2D eigenvalue weighted by atomic mass is 9.62. The normalized spacial score (nSPS) is 32.3. The van der Waals surface area contributed by atoms with Gasteiger partial charge in [0.15, 0.2) is 0 Å². The van der Waals surface area contributed by atoms with Crippen LogP contribution in [-0.2, 0) is 21.7 Å². The summed E-state index contributed by atoms with van der Waals surface area (Å²) in [5, 5.41) is 13.0. The monoisotopic (exact) mass is 368 g/mol. The van der Waals surface area contributed by atoms with E-state index in [1.165, 1.54) is 10.9 Å². The fourth-order valence-electron chi connectivity index (χ4n) is 6.18. The van der Waals surface area contributed by atoms with Gasteiger partial charge in [0.2, 0.25) is 5.72 Å². The summed E-state index contributed by atoms with van der Waals surface area (Å²) in [7, 11) is 0. The van der Waals surface area contributed by atoms with Crippen LogP contribution in [0.15, 0.2) is 24.3 Å². The SMILES string of the molecule is CCOC(=O)[C@]1(O)C[C@]2(CC)CCCN3CCc4c(n1c1ccccc41)[C@@H]32. The van der Waals surface area contributed by atoms with Gasteiger partial charge in [0.05, 0.1) is 18.2 Å². The van der Waals surface area contributed by atoms with E-state index in [-0.39, 0.29) is 18.1 Å². The van der Waals surface area contributed by atoms with Crippen molar-refractivity contribution in [2.75, 3.05) is 19.7 Å². The van der Waals surface area contributed by atoms with Gasteiger partial charge in [-0.1, -0.05) is 25.1 Å². The molecule has 2 aromatic rings. The Kier molecular flexibility index (Phi) is 3.72. The highest BCUT2D eigenvalue weighted by Crippen LogP contribution is 2.60. The molecule has 1 fully saturated rings. The number of aliphatic hydroxyl groups is 1. The lowest BCUT2D eigenvalue weighted by molar-refractivity contribution is -0.196. The molecule has 0 amide bonds. The molecule has 5 rings (SSSR count). The number of esters is 1. The predicted molar refractivity (Wildman–Crippen MR) is 103 cm³/mol. The third-order valence-corrected chi connectivity index (χ3v) is 7.27. The van der Waals surface area contributed by atoms with Crippen LogP contribution in [0.5, 0.6) is 0 Å². The number of carbonyl (C=O) groups is 1. The van der Waals surface area contributed by atoms with Crippen LogP contribution in [0.25, 0.3) is 10.9 Å². The van der Waals surface area contributed by atoms with E-state index in [0.29, 0.717) is 6.42 Å². The second-order valence-electron chi connectivity index (χ2n) is 8.44. The first-order valence-electron chi connectivity index (χ1n) is 10.3. The second kappa shape index (κ2) is 5.82. The van der Waals surface area contributed by atoms with Crippen LogP contribution in [0.2, 0.25) is 0 Å². The number of fused-ring (bicyclic) bond motifs is 3. The zero-order valence-corrected chi connectivity index (χ0v) is 16.2. The number of aromatic nitrogens is 1. The van der Waals surface area contributed by atoms with Gasteiger partial charge in [-0.15, -0.1) is 0 Å². The predicted octanol–water partition coefficient (Wildman–Crippen LogP) is 3.34. The minimum Gasteiger partial charge on any atom is -0.462 e. The number of ether oxygens (including phenoxy) is 1. The fourth-order valence-corrected chi connectivity index (χ4v) is 6.18. The molecule has 3 aliphatic rings. The van der Waals surface area contributed by atoms with Crippen LogP contribution < -0.4 is 0 Å². The summed E-state index contributed by atoms with van der Waals surface area (Å²) in [6.07, 6.45) is 4.53. The molecule has 3 atom stereocenters. The van der Waals surface area contributed by atoms with E-state index in [2.05, 4.69) is 24.0 Å². The Bertz CT molecular complexity index is 920. The van der Waals surface area contributed by atoms with Crippen LogP contribution in [0.4, 0.5) is 0 Å². The Labute approximate surface area is 159 Å². The molecule has 4 heterocycles. The van der Waals surface area contributed by atoms with Crippen molar-refractivity contribution in [3.63, 3.8) is 0 Å². The number of hydrogen-bond acceptors (Lipinski definition) is 4. The van der Waals surface area contributed by atoms with Crippen molar-refractivity contribution in [2.45, 2.75) is 57.7 Å². The minimum atomic E-state index is -1.63. The molecule has 5 heteroatoms. The molecule has 144 valence electrons. The van der Waals surface area contributed by atoms with E-state index in [4.69, 9.17) is 4.74 Å². The molecule has 1 aromatic carbocycles. The number of carbonyl (C=O) groups excluding carboxylic acids is 1. The minimum absolute atomic E-state index is 0.0840. The zero-order chi connectivity index (χ0) is 18.8. The number of para-hydroxylation sites is 1. The van der Waals surface area contributed by atoms with Crippen molar-refractivity contribution < 1.29 is 14.6 Å². The molecular weight excluding hydrogens is 340 g/mol. The first-order valence-corrected chi connectivity index (χ1v) is 10.3. The Morgan fingerprint density at radius 2 is 2.11 bits per heavy atom. The standard InChI is InChI=1S/C22H28N2O3/c1-3-21-11-7-12-23-13-10-16-15-8-5-6-9-17(15)24(18(16)19(21)23)22(26,14-21)20(25)27-4-2/h5-6,8-9,19,26H,3-4,7,10-14H2,1-2H3/t19-,21+,22-/m1/s1. The van der Waals surface area contributed by atoms with E-state index in [0.717, 1.165) is 50.0 Å². The first kappa shape index (κ1) is 17.3. The van der Waals surface area contributed by atoms with Gasteiger partial charge in [0.25, 0.3) is 0 Å². The van der Waals surface area contributed by atoms with Crippen molar-refractivity contribution in [2.24, 2.45) is 5.41 Å². The Morgan fingerprint density at radius 1 is 1.30 bits per heavy atom. The third kappa shape index (κ3) is 2.10. The largest absolute Gasteiger partial charge is 0.462 e. The topological polar surface area (TPSA) is 54.7 Å². The molecule has 1 N–H and O–H groups in total. The number of piperidine rings is 1. The average Bonchev–Trinajstić information content (AvgIpc) is 3.03. The maximum Gasteiger partial charge on any atom is 0.360 e. The summed E-state index contributed by atoms with van der Waals surface area (Å²) < 4.78 is 7.33. The maximum absolute atomic E-state index is 13.1. The van der Waals surface area contributed by atoms with Gasteiger partial charge < -0.3 is 14.4 Å². The summed E-state index contributed by atoms with van der Waals surface area (Å²) in [5.41, 5.74) is 1.71. The highest BCUT2D eigenvalue weighted by Gasteiger charge is 2.60. The van der Waals surface area contributed by atoms with Crippen molar-refractivity contribution in [3.8, 4) is 0 Å². The van der Waals surface area contributed by atoms with E-state index in [1.54, 1.807) is 6.92 Å². The molecular formula is C22H28N2O3. The van der Waals surface area contributed by atoms with E-state index >= 15 is 0 Å². The molecule has 0 aliphatic carbocycles. The Balaban J connectivity index is 1.86.